The van der Waals surface area contributed by atoms with Gasteiger partial charge in [0.25, 0.3) is 0 Å². The smallest absolute Gasteiger partial charge is 0.379 e. The normalized spacial score (nSPS) is 10.9. The molecule has 3 aromatic heterocycles. The monoisotopic (exact) mass is 577 g/mol. The van der Waals surface area contributed by atoms with E-state index in [2.05, 4.69) is 57.2 Å². The second-order valence-corrected chi connectivity index (χ2v) is 8.98. The van der Waals surface area contributed by atoms with Crippen molar-refractivity contribution in [2.24, 2.45) is 0 Å². The summed E-state index contributed by atoms with van der Waals surface area (Å²) in [5.74, 6) is -0.000736. The van der Waals surface area contributed by atoms with E-state index in [1.165, 1.54) is 12.4 Å². The number of rotatable bonds is 4. The third-order valence-corrected chi connectivity index (χ3v) is 5.95. The van der Waals surface area contributed by atoms with Crippen LogP contribution >= 0.6 is 31.9 Å². The SMILES string of the molecule is [O-][n+]1cc(-c2ccc(Br)cc2)nnc1-c1cccc(-c2nnc(-c3ccc(Br)cc3)c[n+]2[O-])n1. The Morgan fingerprint density at radius 1 is 0.529 bits per heavy atom. The molecular formula is C23H13Br2N7O2. The fraction of sp³-hybridized carbons (Fsp3) is 0. The molecule has 9 nitrogen and oxygen atoms in total. The number of hydrogen-bond donors (Lipinski definition) is 0. The van der Waals surface area contributed by atoms with Crippen molar-refractivity contribution in [1.82, 2.24) is 25.4 Å². The highest BCUT2D eigenvalue weighted by Crippen LogP contribution is 2.22. The fourth-order valence-corrected chi connectivity index (χ4v) is 3.73. The van der Waals surface area contributed by atoms with Gasteiger partial charge in [0.2, 0.25) is 0 Å². The van der Waals surface area contributed by atoms with Gasteiger partial charge in [-0.2, -0.15) is 0 Å². The van der Waals surface area contributed by atoms with Crippen molar-refractivity contribution < 1.29 is 9.46 Å². The van der Waals surface area contributed by atoms with Gasteiger partial charge in [-0.15, -0.1) is 0 Å². The minimum atomic E-state index is -0.000368. The summed E-state index contributed by atoms with van der Waals surface area (Å²) in [6, 6.07) is 19.6. The van der Waals surface area contributed by atoms with E-state index in [-0.39, 0.29) is 23.0 Å². The van der Waals surface area contributed by atoms with Crippen LogP contribution in [-0.2, 0) is 0 Å². The standard InChI is InChI=1S/C23H13Br2N7O2/c24-16-8-4-14(5-9-16)20-12-31(33)22(29-27-20)18-2-1-3-19(26-18)23-30-28-21(13-32(23)34)15-6-10-17(25)11-7-15/h1-13H. The molecule has 166 valence electrons. The molecular weight excluding hydrogens is 566 g/mol. The highest BCUT2D eigenvalue weighted by atomic mass is 79.9. The van der Waals surface area contributed by atoms with Crippen LogP contribution in [0.2, 0.25) is 0 Å². The second kappa shape index (κ2) is 9.20. The molecule has 0 saturated heterocycles. The lowest BCUT2D eigenvalue weighted by Crippen LogP contribution is -2.32. The lowest BCUT2D eigenvalue weighted by molar-refractivity contribution is -0.597. The Bertz CT molecular complexity index is 1390. The van der Waals surface area contributed by atoms with E-state index in [1.807, 2.05) is 48.5 Å². The number of nitrogens with zero attached hydrogens (tertiary/aromatic N) is 7. The Morgan fingerprint density at radius 2 is 0.941 bits per heavy atom. The summed E-state index contributed by atoms with van der Waals surface area (Å²) in [5.41, 5.74) is 2.86. The first kappa shape index (κ1) is 22.0. The summed E-state index contributed by atoms with van der Waals surface area (Å²) in [6.07, 6.45) is 2.67. The maximum Gasteiger partial charge on any atom is 0.379 e. The van der Waals surface area contributed by atoms with Crippen molar-refractivity contribution in [1.29, 1.82) is 0 Å². The maximum absolute atomic E-state index is 12.7. The molecule has 0 atom stereocenters. The number of hydrogen-bond acceptors (Lipinski definition) is 7. The zero-order chi connectivity index (χ0) is 23.7. The summed E-state index contributed by atoms with van der Waals surface area (Å²) in [4.78, 5) is 4.40. The van der Waals surface area contributed by atoms with Crippen molar-refractivity contribution in [3.05, 3.63) is 98.5 Å². The minimum absolute atomic E-state index is 0.000368. The first-order valence-electron chi connectivity index (χ1n) is 9.91. The van der Waals surface area contributed by atoms with Gasteiger partial charge in [0.1, 0.15) is 12.4 Å². The topological polar surface area (TPSA) is 118 Å². The van der Waals surface area contributed by atoms with Crippen LogP contribution in [0.15, 0.2) is 88.1 Å². The quantitative estimate of drug-likeness (QED) is 0.232. The zero-order valence-corrected chi connectivity index (χ0v) is 20.4. The average Bonchev–Trinajstić information content (AvgIpc) is 2.85. The largest absolute Gasteiger partial charge is 0.710 e. The molecule has 0 bridgehead atoms. The fourth-order valence-electron chi connectivity index (χ4n) is 3.20. The van der Waals surface area contributed by atoms with Crippen molar-refractivity contribution >= 4 is 31.9 Å². The number of aromatic nitrogens is 7. The van der Waals surface area contributed by atoms with E-state index in [0.29, 0.717) is 20.8 Å². The molecule has 0 unspecified atom stereocenters. The summed E-state index contributed by atoms with van der Waals surface area (Å²) >= 11 is 6.76. The Labute approximate surface area is 210 Å². The molecule has 34 heavy (non-hydrogen) atoms. The van der Waals surface area contributed by atoms with Crippen LogP contribution in [-0.4, -0.2) is 25.4 Å². The molecule has 0 N–H and O–H groups in total. The highest BCUT2D eigenvalue weighted by molar-refractivity contribution is 9.10. The van der Waals surface area contributed by atoms with Gasteiger partial charge in [-0.05, 0) is 46.6 Å². The molecule has 0 amide bonds. The molecule has 5 aromatic rings. The van der Waals surface area contributed by atoms with E-state index in [9.17, 15) is 10.4 Å². The van der Waals surface area contributed by atoms with E-state index in [4.69, 9.17) is 0 Å². The molecule has 2 aromatic carbocycles. The van der Waals surface area contributed by atoms with Crippen LogP contribution < -0.4 is 9.46 Å². The molecule has 3 heterocycles. The van der Waals surface area contributed by atoms with Crippen LogP contribution in [0.1, 0.15) is 0 Å². The van der Waals surface area contributed by atoms with Gasteiger partial charge >= 0.3 is 11.6 Å². The van der Waals surface area contributed by atoms with Crippen molar-refractivity contribution in [2.45, 2.75) is 0 Å². The predicted octanol–water partition coefficient (Wildman–Crippen LogP) is 4.12. The average molecular weight is 579 g/mol. The minimum Gasteiger partial charge on any atom is -0.710 e. The molecule has 11 heteroatoms. The van der Waals surface area contributed by atoms with E-state index in [1.54, 1.807) is 18.2 Å². The van der Waals surface area contributed by atoms with Gasteiger partial charge in [-0.25, -0.2) is 14.4 Å². The molecule has 0 fully saturated rings. The Hall–Kier alpha value is -3.83. The van der Waals surface area contributed by atoms with Crippen molar-refractivity contribution in [3.8, 4) is 45.6 Å². The molecule has 0 spiro atoms. The van der Waals surface area contributed by atoms with Crippen LogP contribution in [0.5, 0.6) is 0 Å². The molecule has 0 aliphatic rings. The van der Waals surface area contributed by atoms with Crippen LogP contribution in [0.4, 0.5) is 0 Å². The highest BCUT2D eigenvalue weighted by Gasteiger charge is 2.21. The third-order valence-electron chi connectivity index (χ3n) is 4.89. The van der Waals surface area contributed by atoms with E-state index < -0.39 is 0 Å². The van der Waals surface area contributed by atoms with Gasteiger partial charge in [0.15, 0.2) is 22.8 Å². The molecule has 0 aliphatic carbocycles. The third kappa shape index (κ3) is 4.47. The number of pyridine rings is 1. The first-order valence-corrected chi connectivity index (χ1v) is 11.5. The van der Waals surface area contributed by atoms with Gasteiger partial charge in [0, 0.05) is 20.1 Å². The zero-order valence-electron chi connectivity index (χ0n) is 17.2. The molecule has 0 radical (unpaired) electrons. The molecule has 0 saturated carbocycles. The van der Waals surface area contributed by atoms with Gasteiger partial charge in [-0.1, -0.05) is 62.2 Å². The molecule has 0 aliphatic heterocycles. The van der Waals surface area contributed by atoms with Gasteiger partial charge in [-0.3, -0.25) is 0 Å². The predicted molar refractivity (Wildman–Crippen MR) is 130 cm³/mol. The Balaban J connectivity index is 1.47. The number of halogens is 2. The van der Waals surface area contributed by atoms with Crippen LogP contribution in [0, 0.1) is 10.4 Å². The van der Waals surface area contributed by atoms with Crippen LogP contribution in [0.25, 0.3) is 45.6 Å². The van der Waals surface area contributed by atoms with Crippen LogP contribution in [0.3, 0.4) is 0 Å². The lowest BCUT2D eigenvalue weighted by atomic mass is 10.2. The van der Waals surface area contributed by atoms with Crippen molar-refractivity contribution in [2.75, 3.05) is 0 Å². The summed E-state index contributed by atoms with van der Waals surface area (Å²) in [6.45, 7) is 0. The van der Waals surface area contributed by atoms with E-state index >= 15 is 0 Å². The van der Waals surface area contributed by atoms with Gasteiger partial charge < -0.3 is 10.4 Å². The Kier molecular flexibility index (Phi) is 5.95. The lowest BCUT2D eigenvalue weighted by Gasteiger charge is -2.08. The Morgan fingerprint density at radius 3 is 1.32 bits per heavy atom. The summed E-state index contributed by atoms with van der Waals surface area (Å²) in [7, 11) is 0. The maximum atomic E-state index is 12.7. The number of benzene rings is 2. The van der Waals surface area contributed by atoms with E-state index in [0.717, 1.165) is 20.1 Å². The summed E-state index contributed by atoms with van der Waals surface area (Å²) < 4.78 is 3.04. The first-order chi connectivity index (χ1) is 16.5. The van der Waals surface area contributed by atoms with Gasteiger partial charge in [0.05, 0.1) is 10.2 Å². The summed E-state index contributed by atoms with van der Waals surface area (Å²) in [5, 5.41) is 41.8. The van der Waals surface area contributed by atoms with Crippen molar-refractivity contribution in [3.63, 3.8) is 0 Å². The molecule has 5 rings (SSSR count). The second-order valence-electron chi connectivity index (χ2n) is 7.15.